The minimum absolute atomic E-state index is 0.313. The van der Waals surface area contributed by atoms with Crippen LogP contribution in [0.1, 0.15) is 35.5 Å². The van der Waals surface area contributed by atoms with Gasteiger partial charge >= 0.3 is 0 Å². The van der Waals surface area contributed by atoms with Crippen molar-refractivity contribution in [1.82, 2.24) is 15.6 Å². The van der Waals surface area contributed by atoms with Crippen LogP contribution in [0.2, 0.25) is 0 Å². The van der Waals surface area contributed by atoms with Crippen LogP contribution in [0.3, 0.4) is 0 Å². The van der Waals surface area contributed by atoms with Crippen molar-refractivity contribution >= 4 is 12.1 Å². The highest BCUT2D eigenvalue weighted by atomic mass is 19.1. The summed E-state index contributed by atoms with van der Waals surface area (Å²) in [4.78, 5) is 12.2. The molecule has 0 aliphatic heterocycles. The van der Waals surface area contributed by atoms with Crippen molar-refractivity contribution in [2.75, 3.05) is 0 Å². The molecule has 0 radical (unpaired) electrons. The second kappa shape index (κ2) is 8.40. The van der Waals surface area contributed by atoms with Gasteiger partial charge in [0, 0.05) is 5.56 Å². The Morgan fingerprint density at radius 3 is 2.56 bits per heavy atom. The third-order valence-corrected chi connectivity index (χ3v) is 3.97. The zero-order valence-corrected chi connectivity index (χ0v) is 15.2. The van der Waals surface area contributed by atoms with Crippen LogP contribution in [-0.4, -0.2) is 22.3 Å². The average molecular weight is 364 g/mol. The fourth-order valence-electron chi connectivity index (χ4n) is 2.64. The molecule has 0 fully saturated rings. The van der Waals surface area contributed by atoms with Gasteiger partial charge in [-0.1, -0.05) is 50.2 Å². The van der Waals surface area contributed by atoms with Crippen LogP contribution in [0.5, 0.6) is 0 Å². The lowest BCUT2D eigenvalue weighted by atomic mass is 10.0. The van der Waals surface area contributed by atoms with Crippen molar-refractivity contribution < 1.29 is 9.18 Å². The summed E-state index contributed by atoms with van der Waals surface area (Å²) in [5.74, 6) is -0.117. The second-order valence-electron chi connectivity index (χ2n) is 6.71. The van der Waals surface area contributed by atoms with Crippen molar-refractivity contribution in [3.8, 4) is 11.3 Å². The van der Waals surface area contributed by atoms with Crippen molar-refractivity contribution in [2.45, 2.75) is 20.3 Å². The Hall–Kier alpha value is -3.28. The number of rotatable bonds is 6. The van der Waals surface area contributed by atoms with Gasteiger partial charge in [-0.25, -0.2) is 9.82 Å². The number of aromatic nitrogens is 2. The van der Waals surface area contributed by atoms with Crippen molar-refractivity contribution in [1.29, 1.82) is 0 Å². The number of halogens is 1. The Balaban J connectivity index is 1.62. The first-order valence-electron chi connectivity index (χ1n) is 8.75. The molecule has 0 saturated heterocycles. The van der Waals surface area contributed by atoms with Crippen LogP contribution < -0.4 is 5.43 Å². The number of nitrogens with one attached hydrogen (secondary N) is 2. The zero-order chi connectivity index (χ0) is 19.2. The van der Waals surface area contributed by atoms with Crippen LogP contribution >= 0.6 is 0 Å². The van der Waals surface area contributed by atoms with Gasteiger partial charge < -0.3 is 0 Å². The molecule has 1 heterocycles. The number of benzene rings is 2. The molecule has 0 atom stereocenters. The highest BCUT2D eigenvalue weighted by Crippen LogP contribution is 2.19. The standard InChI is InChI=1S/C21H21FN4O/c1-14(2)11-15-3-7-17(8-4-15)19-12-20(25-24-19)21(27)26-23-13-16-5-9-18(22)10-6-16/h3-10,12-14H,11H2,1-2H3,(H,24,25)(H,26,27)/b23-13+. The summed E-state index contributed by atoms with van der Waals surface area (Å²) in [5.41, 5.74) is 6.33. The molecule has 0 spiro atoms. The van der Waals surface area contributed by atoms with Crippen LogP contribution in [0.4, 0.5) is 4.39 Å². The molecule has 0 unspecified atom stereocenters. The lowest BCUT2D eigenvalue weighted by Gasteiger charge is -2.05. The molecule has 1 amide bonds. The Labute approximate surface area is 157 Å². The van der Waals surface area contributed by atoms with Crippen molar-refractivity contribution in [2.24, 2.45) is 11.0 Å². The Kier molecular flexibility index (Phi) is 5.76. The first-order valence-corrected chi connectivity index (χ1v) is 8.75. The molecule has 0 saturated carbocycles. The molecule has 6 heteroatoms. The van der Waals surface area contributed by atoms with Gasteiger partial charge in [-0.05, 0) is 41.7 Å². The summed E-state index contributed by atoms with van der Waals surface area (Å²) < 4.78 is 12.9. The van der Waals surface area contributed by atoms with E-state index >= 15 is 0 Å². The molecular formula is C21H21FN4O. The van der Waals surface area contributed by atoms with Crippen molar-refractivity contribution in [3.05, 3.63) is 77.2 Å². The van der Waals surface area contributed by atoms with E-state index < -0.39 is 5.91 Å². The smallest absolute Gasteiger partial charge is 0.272 e. The SMILES string of the molecule is CC(C)Cc1ccc(-c2cc(C(=O)N/N=C/c3ccc(F)cc3)[nH]n2)cc1. The van der Waals surface area contributed by atoms with E-state index in [0.29, 0.717) is 22.9 Å². The number of hydrazone groups is 1. The molecule has 3 aromatic rings. The predicted molar refractivity (Wildman–Crippen MR) is 104 cm³/mol. The van der Waals surface area contributed by atoms with Gasteiger partial charge in [0.05, 0.1) is 11.9 Å². The van der Waals surface area contributed by atoms with Gasteiger partial charge in [0.2, 0.25) is 0 Å². The number of amides is 1. The number of carbonyl (C=O) groups is 1. The van der Waals surface area contributed by atoms with E-state index in [9.17, 15) is 9.18 Å². The molecule has 1 aromatic heterocycles. The highest BCUT2D eigenvalue weighted by Gasteiger charge is 2.10. The molecule has 138 valence electrons. The minimum Gasteiger partial charge on any atom is -0.272 e. The summed E-state index contributed by atoms with van der Waals surface area (Å²) >= 11 is 0. The quantitative estimate of drug-likeness (QED) is 0.509. The van der Waals surface area contributed by atoms with Gasteiger partial charge in [0.1, 0.15) is 11.5 Å². The monoisotopic (exact) mass is 364 g/mol. The van der Waals surface area contributed by atoms with E-state index in [2.05, 4.69) is 46.7 Å². The maximum Gasteiger partial charge on any atom is 0.289 e. The van der Waals surface area contributed by atoms with E-state index in [1.54, 1.807) is 18.2 Å². The topological polar surface area (TPSA) is 70.1 Å². The van der Waals surface area contributed by atoms with Crippen LogP contribution in [0.25, 0.3) is 11.3 Å². The molecule has 2 N–H and O–H groups in total. The molecule has 3 rings (SSSR count). The summed E-state index contributed by atoms with van der Waals surface area (Å²) in [7, 11) is 0. The summed E-state index contributed by atoms with van der Waals surface area (Å²) in [6, 6.07) is 15.6. The molecule has 27 heavy (non-hydrogen) atoms. The molecule has 0 bridgehead atoms. The largest absolute Gasteiger partial charge is 0.289 e. The van der Waals surface area contributed by atoms with Gasteiger partial charge in [0.25, 0.3) is 5.91 Å². The number of hydrogen-bond acceptors (Lipinski definition) is 3. The number of H-pyrrole nitrogens is 1. The third-order valence-electron chi connectivity index (χ3n) is 3.97. The van der Waals surface area contributed by atoms with E-state index in [4.69, 9.17) is 0 Å². The van der Waals surface area contributed by atoms with Crippen LogP contribution in [0.15, 0.2) is 59.7 Å². The van der Waals surface area contributed by atoms with Crippen molar-refractivity contribution in [3.63, 3.8) is 0 Å². The normalized spacial score (nSPS) is 11.3. The predicted octanol–water partition coefficient (Wildman–Crippen LogP) is 4.18. The first-order chi connectivity index (χ1) is 13.0. The van der Waals surface area contributed by atoms with Gasteiger partial charge in [-0.3, -0.25) is 9.89 Å². The number of carbonyl (C=O) groups excluding carboxylic acids is 1. The summed E-state index contributed by atoms with van der Waals surface area (Å²) in [5, 5.41) is 10.8. The fraction of sp³-hybridized carbons (Fsp3) is 0.190. The summed E-state index contributed by atoms with van der Waals surface area (Å²) in [6.07, 6.45) is 2.47. The molecule has 0 aliphatic rings. The lowest BCUT2D eigenvalue weighted by molar-refractivity contribution is 0.0950. The maximum absolute atomic E-state index is 12.9. The molecular weight excluding hydrogens is 343 g/mol. The number of aromatic amines is 1. The van der Waals surface area contributed by atoms with Crippen LogP contribution in [-0.2, 0) is 6.42 Å². The zero-order valence-electron chi connectivity index (χ0n) is 15.2. The van der Waals surface area contributed by atoms with E-state index in [0.717, 1.165) is 12.0 Å². The molecule has 2 aromatic carbocycles. The third kappa shape index (κ3) is 5.10. The highest BCUT2D eigenvalue weighted by molar-refractivity contribution is 5.94. The fourth-order valence-corrected chi connectivity index (χ4v) is 2.64. The van der Waals surface area contributed by atoms with E-state index in [1.807, 2.05) is 12.1 Å². The second-order valence-corrected chi connectivity index (χ2v) is 6.71. The van der Waals surface area contributed by atoms with Gasteiger partial charge in [-0.15, -0.1) is 0 Å². The van der Waals surface area contributed by atoms with Gasteiger partial charge in [-0.2, -0.15) is 10.2 Å². The maximum atomic E-state index is 12.9. The average Bonchev–Trinajstić information content (AvgIpc) is 3.14. The van der Waals surface area contributed by atoms with E-state index in [1.165, 1.54) is 23.9 Å². The Bertz CT molecular complexity index is 928. The lowest BCUT2D eigenvalue weighted by Crippen LogP contribution is -2.17. The molecule has 5 nitrogen and oxygen atoms in total. The first kappa shape index (κ1) is 18.5. The van der Waals surface area contributed by atoms with Gasteiger partial charge in [0.15, 0.2) is 0 Å². The summed E-state index contributed by atoms with van der Waals surface area (Å²) in [6.45, 7) is 4.37. The number of hydrogen-bond donors (Lipinski definition) is 2. The number of nitrogens with zero attached hydrogens (tertiary/aromatic N) is 2. The Morgan fingerprint density at radius 2 is 1.89 bits per heavy atom. The van der Waals surface area contributed by atoms with Crippen LogP contribution in [0, 0.1) is 11.7 Å². The Morgan fingerprint density at radius 1 is 1.19 bits per heavy atom. The minimum atomic E-state index is -0.400. The van der Waals surface area contributed by atoms with E-state index in [-0.39, 0.29) is 5.82 Å². The molecule has 0 aliphatic carbocycles.